The topological polar surface area (TPSA) is 24.9 Å². The second kappa shape index (κ2) is 4.88. The van der Waals surface area contributed by atoms with Crippen LogP contribution in [0, 0.1) is 0 Å². The number of pyridine rings is 1. The van der Waals surface area contributed by atoms with Crippen molar-refractivity contribution in [2.75, 3.05) is 5.32 Å². The third-order valence-corrected chi connectivity index (χ3v) is 2.95. The minimum atomic E-state index is 0.749. The third kappa shape index (κ3) is 2.33. The molecule has 3 rings (SSSR count). The van der Waals surface area contributed by atoms with E-state index in [1.54, 1.807) is 0 Å². The van der Waals surface area contributed by atoms with Crippen LogP contribution < -0.4 is 5.32 Å². The molecular weight excluding hydrogens is 220 g/mol. The van der Waals surface area contributed by atoms with E-state index in [2.05, 4.69) is 52.8 Å². The van der Waals surface area contributed by atoms with Crippen LogP contribution in [0.2, 0.25) is 0 Å². The van der Waals surface area contributed by atoms with E-state index in [4.69, 9.17) is 0 Å². The Bertz CT molecular complexity index is 647. The van der Waals surface area contributed by atoms with E-state index in [0.29, 0.717) is 0 Å². The van der Waals surface area contributed by atoms with E-state index < -0.39 is 0 Å². The molecule has 0 saturated heterocycles. The molecule has 0 amide bonds. The molecule has 0 atom stereocenters. The van der Waals surface area contributed by atoms with Crippen LogP contribution in [0.15, 0.2) is 66.9 Å². The molecular formula is C16H14N2. The molecule has 0 aliphatic heterocycles. The van der Waals surface area contributed by atoms with Crippen molar-refractivity contribution in [1.29, 1.82) is 0 Å². The van der Waals surface area contributed by atoms with Gasteiger partial charge in [-0.3, -0.25) is 4.98 Å². The Morgan fingerprint density at radius 1 is 0.833 bits per heavy atom. The van der Waals surface area contributed by atoms with E-state index in [1.165, 1.54) is 10.8 Å². The highest BCUT2D eigenvalue weighted by Crippen LogP contribution is 2.19. The lowest BCUT2D eigenvalue weighted by atomic mass is 10.1. The van der Waals surface area contributed by atoms with Gasteiger partial charge in [-0.05, 0) is 35.0 Å². The summed E-state index contributed by atoms with van der Waals surface area (Å²) in [4.78, 5) is 4.29. The fraction of sp³-hybridized carbons (Fsp3) is 0.0625. The predicted molar refractivity (Wildman–Crippen MR) is 75.5 cm³/mol. The van der Waals surface area contributed by atoms with Crippen LogP contribution >= 0.6 is 0 Å². The van der Waals surface area contributed by atoms with Crippen molar-refractivity contribution in [3.63, 3.8) is 0 Å². The molecule has 1 aromatic heterocycles. The van der Waals surface area contributed by atoms with Crippen molar-refractivity contribution in [2.24, 2.45) is 0 Å². The highest BCUT2D eigenvalue weighted by atomic mass is 14.9. The summed E-state index contributed by atoms with van der Waals surface area (Å²) >= 11 is 0. The summed E-state index contributed by atoms with van der Waals surface area (Å²) in [5, 5.41) is 5.91. The maximum atomic E-state index is 4.29. The molecule has 0 radical (unpaired) electrons. The van der Waals surface area contributed by atoms with Gasteiger partial charge in [0, 0.05) is 11.9 Å². The van der Waals surface area contributed by atoms with E-state index in [-0.39, 0.29) is 0 Å². The van der Waals surface area contributed by atoms with Crippen LogP contribution in [0.3, 0.4) is 0 Å². The standard InChI is InChI=1S/C16H14N2/c1-2-6-14-11-15(9-8-13(14)5-1)18-12-16-7-3-4-10-17-16/h1-11,18H,12H2. The first-order chi connectivity index (χ1) is 8.92. The third-order valence-electron chi connectivity index (χ3n) is 2.95. The van der Waals surface area contributed by atoms with Crippen molar-refractivity contribution < 1.29 is 0 Å². The van der Waals surface area contributed by atoms with Crippen LogP contribution in [-0.4, -0.2) is 4.98 Å². The monoisotopic (exact) mass is 234 g/mol. The summed E-state index contributed by atoms with van der Waals surface area (Å²) in [5.41, 5.74) is 2.17. The highest BCUT2D eigenvalue weighted by Gasteiger charge is 1.96. The summed E-state index contributed by atoms with van der Waals surface area (Å²) in [7, 11) is 0. The molecule has 2 aromatic carbocycles. The predicted octanol–water partition coefficient (Wildman–Crippen LogP) is 3.85. The Morgan fingerprint density at radius 3 is 2.50 bits per heavy atom. The number of nitrogens with zero attached hydrogens (tertiary/aromatic N) is 1. The average Bonchev–Trinajstić information content (AvgIpc) is 2.46. The first-order valence-electron chi connectivity index (χ1n) is 6.04. The Balaban J connectivity index is 1.79. The quantitative estimate of drug-likeness (QED) is 0.744. The molecule has 0 aliphatic carbocycles. The lowest BCUT2D eigenvalue weighted by molar-refractivity contribution is 1.05. The molecule has 1 N–H and O–H groups in total. The van der Waals surface area contributed by atoms with Crippen molar-refractivity contribution in [2.45, 2.75) is 6.54 Å². The fourth-order valence-corrected chi connectivity index (χ4v) is 1.99. The minimum absolute atomic E-state index is 0.749. The fourth-order valence-electron chi connectivity index (χ4n) is 1.99. The first-order valence-corrected chi connectivity index (χ1v) is 6.04. The molecule has 0 saturated carbocycles. The van der Waals surface area contributed by atoms with Crippen LogP contribution in [0.5, 0.6) is 0 Å². The largest absolute Gasteiger partial charge is 0.379 e. The Hall–Kier alpha value is -2.35. The maximum Gasteiger partial charge on any atom is 0.0594 e. The number of anilines is 1. The van der Waals surface area contributed by atoms with Gasteiger partial charge in [-0.1, -0.05) is 36.4 Å². The number of rotatable bonds is 3. The van der Waals surface area contributed by atoms with E-state index >= 15 is 0 Å². The van der Waals surface area contributed by atoms with Crippen LogP contribution in [0.1, 0.15) is 5.69 Å². The summed E-state index contributed by atoms with van der Waals surface area (Å²) in [6.07, 6.45) is 1.82. The molecule has 2 heteroatoms. The van der Waals surface area contributed by atoms with Gasteiger partial charge < -0.3 is 5.32 Å². The number of hydrogen-bond donors (Lipinski definition) is 1. The zero-order valence-electron chi connectivity index (χ0n) is 10.0. The van der Waals surface area contributed by atoms with E-state index in [1.807, 2.05) is 24.4 Å². The van der Waals surface area contributed by atoms with Gasteiger partial charge in [0.2, 0.25) is 0 Å². The van der Waals surface area contributed by atoms with Gasteiger partial charge in [0.25, 0.3) is 0 Å². The number of fused-ring (bicyclic) bond motifs is 1. The van der Waals surface area contributed by atoms with Crippen molar-refractivity contribution >= 4 is 16.5 Å². The Labute approximate surface area is 106 Å². The molecule has 0 unspecified atom stereocenters. The maximum absolute atomic E-state index is 4.29. The average molecular weight is 234 g/mol. The summed E-state index contributed by atoms with van der Waals surface area (Å²) in [6, 6.07) is 20.7. The molecule has 0 spiro atoms. The smallest absolute Gasteiger partial charge is 0.0594 e. The van der Waals surface area contributed by atoms with Gasteiger partial charge >= 0.3 is 0 Å². The highest BCUT2D eigenvalue weighted by molar-refractivity contribution is 5.85. The van der Waals surface area contributed by atoms with Gasteiger partial charge in [-0.25, -0.2) is 0 Å². The van der Waals surface area contributed by atoms with Crippen molar-refractivity contribution in [1.82, 2.24) is 4.98 Å². The molecule has 0 fully saturated rings. The van der Waals surface area contributed by atoms with Gasteiger partial charge in [-0.2, -0.15) is 0 Å². The van der Waals surface area contributed by atoms with Gasteiger partial charge in [-0.15, -0.1) is 0 Å². The lowest BCUT2D eigenvalue weighted by Gasteiger charge is -2.07. The summed E-state index contributed by atoms with van der Waals surface area (Å²) in [5.74, 6) is 0. The second-order valence-corrected chi connectivity index (χ2v) is 4.24. The second-order valence-electron chi connectivity index (χ2n) is 4.24. The van der Waals surface area contributed by atoms with E-state index in [0.717, 1.165) is 17.9 Å². The SMILES string of the molecule is c1ccc(CNc2ccc3ccccc3c2)nc1. The molecule has 3 aromatic rings. The number of benzene rings is 2. The lowest BCUT2D eigenvalue weighted by Crippen LogP contribution is -2.00. The van der Waals surface area contributed by atoms with Crippen LogP contribution in [0.4, 0.5) is 5.69 Å². The zero-order chi connectivity index (χ0) is 12.2. The van der Waals surface area contributed by atoms with Crippen molar-refractivity contribution in [3.05, 3.63) is 72.6 Å². The van der Waals surface area contributed by atoms with Crippen molar-refractivity contribution in [3.8, 4) is 0 Å². The van der Waals surface area contributed by atoms with Gasteiger partial charge in [0.05, 0.1) is 12.2 Å². The Kier molecular flexibility index (Phi) is 2.92. The van der Waals surface area contributed by atoms with Crippen LogP contribution in [0.25, 0.3) is 10.8 Å². The number of nitrogens with one attached hydrogen (secondary N) is 1. The number of aromatic nitrogens is 1. The summed E-state index contributed by atoms with van der Waals surface area (Å²) in [6.45, 7) is 0.749. The van der Waals surface area contributed by atoms with Crippen LogP contribution in [-0.2, 0) is 6.54 Å². The van der Waals surface area contributed by atoms with E-state index in [9.17, 15) is 0 Å². The molecule has 88 valence electrons. The summed E-state index contributed by atoms with van der Waals surface area (Å²) < 4.78 is 0. The van der Waals surface area contributed by atoms with Gasteiger partial charge in [0.1, 0.15) is 0 Å². The van der Waals surface area contributed by atoms with Gasteiger partial charge in [0.15, 0.2) is 0 Å². The molecule has 1 heterocycles. The molecule has 0 aliphatic rings. The normalized spacial score (nSPS) is 10.4. The Morgan fingerprint density at radius 2 is 1.67 bits per heavy atom. The first kappa shape index (κ1) is 10.8. The molecule has 2 nitrogen and oxygen atoms in total. The number of hydrogen-bond acceptors (Lipinski definition) is 2. The zero-order valence-corrected chi connectivity index (χ0v) is 10.0. The molecule has 18 heavy (non-hydrogen) atoms. The minimum Gasteiger partial charge on any atom is -0.379 e. The molecule has 0 bridgehead atoms.